The second kappa shape index (κ2) is 7.31. The molecule has 4 nitrogen and oxygen atoms in total. The molecule has 1 aliphatic rings. The fraction of sp³-hybridized carbons (Fsp3) is 0.500. The summed E-state index contributed by atoms with van der Waals surface area (Å²) in [5.41, 5.74) is 0.773. The van der Waals surface area contributed by atoms with Gasteiger partial charge in [0.05, 0.1) is 19.5 Å². The van der Waals surface area contributed by atoms with Crippen molar-refractivity contribution in [2.45, 2.75) is 25.9 Å². The Bertz CT molecular complexity index is 453. The third-order valence-corrected chi connectivity index (χ3v) is 3.54. The van der Waals surface area contributed by atoms with E-state index in [0.717, 1.165) is 18.7 Å². The summed E-state index contributed by atoms with van der Waals surface area (Å²) in [6.07, 6.45) is 5.27. The van der Waals surface area contributed by atoms with Crippen LogP contribution in [0.1, 0.15) is 31.4 Å². The molecule has 110 valence electrons. The summed E-state index contributed by atoms with van der Waals surface area (Å²) in [5, 5.41) is 10.5. The first kappa shape index (κ1) is 14.9. The van der Waals surface area contributed by atoms with Gasteiger partial charge in [0.25, 0.3) is 0 Å². The van der Waals surface area contributed by atoms with Crippen molar-refractivity contribution in [1.29, 1.82) is 0 Å². The molecule has 2 rings (SSSR count). The number of methoxy groups -OCH3 is 1. The van der Waals surface area contributed by atoms with Gasteiger partial charge in [-0.25, -0.2) is 0 Å². The number of aliphatic hydroxyl groups is 1. The van der Waals surface area contributed by atoms with Gasteiger partial charge < -0.3 is 19.5 Å². The SMILES string of the molecule is C/C=C\Oc1c(OC)cccc1C(O)CN1CCCC1. The van der Waals surface area contributed by atoms with Gasteiger partial charge in [0.1, 0.15) is 0 Å². The first-order chi connectivity index (χ1) is 9.76. The summed E-state index contributed by atoms with van der Waals surface area (Å²) in [6.45, 7) is 4.65. The third-order valence-electron chi connectivity index (χ3n) is 3.54. The van der Waals surface area contributed by atoms with Crippen molar-refractivity contribution >= 4 is 0 Å². The number of allylic oxidation sites excluding steroid dienone is 1. The Hall–Kier alpha value is -1.52. The second-order valence-electron chi connectivity index (χ2n) is 4.99. The lowest BCUT2D eigenvalue weighted by molar-refractivity contribution is 0.123. The molecule has 0 amide bonds. The van der Waals surface area contributed by atoms with Crippen molar-refractivity contribution in [3.63, 3.8) is 0 Å². The zero-order valence-corrected chi connectivity index (χ0v) is 12.2. The van der Waals surface area contributed by atoms with Gasteiger partial charge >= 0.3 is 0 Å². The Labute approximate surface area is 120 Å². The highest BCUT2D eigenvalue weighted by molar-refractivity contribution is 5.48. The molecule has 1 heterocycles. The van der Waals surface area contributed by atoms with Crippen LogP contribution < -0.4 is 9.47 Å². The van der Waals surface area contributed by atoms with Crippen LogP contribution in [0.2, 0.25) is 0 Å². The Kier molecular flexibility index (Phi) is 5.44. The third kappa shape index (κ3) is 3.52. The van der Waals surface area contributed by atoms with E-state index in [2.05, 4.69) is 4.90 Å². The fourth-order valence-corrected chi connectivity index (χ4v) is 2.53. The zero-order chi connectivity index (χ0) is 14.4. The van der Waals surface area contributed by atoms with Gasteiger partial charge in [-0.1, -0.05) is 18.2 Å². The van der Waals surface area contributed by atoms with Crippen molar-refractivity contribution < 1.29 is 14.6 Å². The van der Waals surface area contributed by atoms with Crippen LogP contribution in [-0.4, -0.2) is 36.8 Å². The first-order valence-corrected chi connectivity index (χ1v) is 7.11. The summed E-state index contributed by atoms with van der Waals surface area (Å²) in [5.74, 6) is 1.24. The molecule has 1 N–H and O–H groups in total. The lowest BCUT2D eigenvalue weighted by Gasteiger charge is -2.22. The van der Waals surface area contributed by atoms with E-state index in [1.807, 2.05) is 31.2 Å². The molecule has 1 aliphatic heterocycles. The van der Waals surface area contributed by atoms with Gasteiger partial charge in [-0.15, -0.1) is 0 Å². The number of nitrogens with zero attached hydrogens (tertiary/aromatic N) is 1. The topological polar surface area (TPSA) is 41.9 Å². The number of likely N-dealkylation sites (tertiary alicyclic amines) is 1. The fourth-order valence-electron chi connectivity index (χ4n) is 2.53. The van der Waals surface area contributed by atoms with E-state index >= 15 is 0 Å². The largest absolute Gasteiger partial charge is 0.493 e. The normalized spacial score (nSPS) is 17.6. The minimum Gasteiger partial charge on any atom is -0.493 e. The summed E-state index contributed by atoms with van der Waals surface area (Å²) in [6, 6.07) is 5.61. The van der Waals surface area contributed by atoms with Crippen LogP contribution in [0.3, 0.4) is 0 Å². The van der Waals surface area contributed by atoms with Crippen molar-refractivity contribution in [3.8, 4) is 11.5 Å². The molecule has 0 aliphatic carbocycles. The van der Waals surface area contributed by atoms with Crippen LogP contribution in [0.25, 0.3) is 0 Å². The predicted octanol–water partition coefficient (Wildman–Crippen LogP) is 2.74. The number of β-amino-alcohol motifs (C(OH)–C–C–N with tert-alkyl or cyclic N) is 1. The van der Waals surface area contributed by atoms with Crippen molar-refractivity contribution in [1.82, 2.24) is 4.90 Å². The summed E-state index contributed by atoms with van der Waals surface area (Å²) in [7, 11) is 1.61. The van der Waals surface area contributed by atoms with Crippen LogP contribution in [0, 0.1) is 0 Å². The quantitative estimate of drug-likeness (QED) is 0.812. The number of para-hydroxylation sites is 1. The van der Waals surface area contributed by atoms with Crippen molar-refractivity contribution in [3.05, 3.63) is 36.1 Å². The molecule has 1 fully saturated rings. The molecule has 1 aromatic carbocycles. The number of benzene rings is 1. The molecule has 0 bridgehead atoms. The molecule has 0 spiro atoms. The van der Waals surface area contributed by atoms with Gasteiger partial charge in [-0.2, -0.15) is 0 Å². The molecule has 1 aromatic rings. The lowest BCUT2D eigenvalue weighted by atomic mass is 10.1. The van der Waals surface area contributed by atoms with Gasteiger partial charge in [-0.3, -0.25) is 0 Å². The molecule has 1 saturated heterocycles. The highest BCUT2D eigenvalue weighted by Crippen LogP contribution is 2.35. The average Bonchev–Trinajstić information content (AvgIpc) is 2.97. The molecule has 0 radical (unpaired) electrons. The van der Waals surface area contributed by atoms with E-state index in [0.29, 0.717) is 18.0 Å². The summed E-state index contributed by atoms with van der Waals surface area (Å²) >= 11 is 0. The maximum absolute atomic E-state index is 10.5. The van der Waals surface area contributed by atoms with Crippen molar-refractivity contribution in [2.75, 3.05) is 26.7 Å². The minimum atomic E-state index is -0.566. The summed E-state index contributed by atoms with van der Waals surface area (Å²) < 4.78 is 10.9. The molecule has 0 saturated carbocycles. The molecule has 0 aromatic heterocycles. The molecule has 20 heavy (non-hydrogen) atoms. The molecule has 4 heteroatoms. The monoisotopic (exact) mass is 277 g/mol. The van der Waals surface area contributed by atoms with E-state index in [4.69, 9.17) is 9.47 Å². The van der Waals surface area contributed by atoms with Crippen LogP contribution in [0.5, 0.6) is 11.5 Å². The minimum absolute atomic E-state index is 0.566. The highest BCUT2D eigenvalue weighted by atomic mass is 16.5. The predicted molar refractivity (Wildman–Crippen MR) is 79.1 cm³/mol. The van der Waals surface area contributed by atoms with E-state index < -0.39 is 6.10 Å². The molecular formula is C16H23NO3. The van der Waals surface area contributed by atoms with Crippen LogP contribution in [-0.2, 0) is 0 Å². The lowest BCUT2D eigenvalue weighted by Crippen LogP contribution is -2.25. The summed E-state index contributed by atoms with van der Waals surface area (Å²) in [4.78, 5) is 2.28. The molecule has 1 unspecified atom stereocenters. The van der Waals surface area contributed by atoms with Crippen LogP contribution in [0.15, 0.2) is 30.5 Å². The van der Waals surface area contributed by atoms with Gasteiger partial charge in [0.2, 0.25) is 0 Å². The number of hydrogen-bond donors (Lipinski definition) is 1. The number of ether oxygens (including phenoxy) is 2. The Balaban J connectivity index is 2.19. The van der Waals surface area contributed by atoms with E-state index in [-0.39, 0.29) is 0 Å². The van der Waals surface area contributed by atoms with E-state index in [1.165, 1.54) is 12.8 Å². The maximum Gasteiger partial charge on any atom is 0.174 e. The Morgan fingerprint density at radius 1 is 1.35 bits per heavy atom. The second-order valence-corrected chi connectivity index (χ2v) is 4.99. The number of rotatable bonds is 6. The average molecular weight is 277 g/mol. The van der Waals surface area contributed by atoms with Crippen LogP contribution in [0.4, 0.5) is 0 Å². The van der Waals surface area contributed by atoms with Gasteiger partial charge in [0.15, 0.2) is 11.5 Å². The van der Waals surface area contributed by atoms with E-state index in [9.17, 15) is 5.11 Å². The van der Waals surface area contributed by atoms with Crippen LogP contribution >= 0.6 is 0 Å². The van der Waals surface area contributed by atoms with Gasteiger partial charge in [0, 0.05) is 12.1 Å². The van der Waals surface area contributed by atoms with Gasteiger partial charge in [-0.05, 0) is 38.9 Å². The number of aliphatic hydroxyl groups excluding tert-OH is 1. The van der Waals surface area contributed by atoms with Crippen molar-refractivity contribution in [2.24, 2.45) is 0 Å². The molecular weight excluding hydrogens is 254 g/mol. The Morgan fingerprint density at radius 2 is 2.10 bits per heavy atom. The standard InChI is InChI=1S/C16H23NO3/c1-3-11-20-16-13(7-6-8-15(16)19-2)14(18)12-17-9-4-5-10-17/h3,6-8,11,14,18H,4-5,9-10,12H2,1-2H3/b11-3-. The molecule has 1 atom stereocenters. The Morgan fingerprint density at radius 3 is 2.75 bits per heavy atom. The first-order valence-electron chi connectivity index (χ1n) is 7.11. The smallest absolute Gasteiger partial charge is 0.174 e. The number of hydrogen-bond acceptors (Lipinski definition) is 4. The highest BCUT2D eigenvalue weighted by Gasteiger charge is 2.21. The zero-order valence-electron chi connectivity index (χ0n) is 12.2. The maximum atomic E-state index is 10.5. The van der Waals surface area contributed by atoms with E-state index in [1.54, 1.807) is 13.4 Å².